The van der Waals surface area contributed by atoms with Crippen LogP contribution in [-0.4, -0.2) is 34.6 Å². The number of likely N-dealkylation sites (N-methyl/N-ethyl adjacent to an activating group) is 1. The number of carbonyl (C=O) groups excluding carboxylic acids is 1. The summed E-state index contributed by atoms with van der Waals surface area (Å²) in [4.78, 5) is 11.4. The number of methoxy groups -OCH3 is 1. The van der Waals surface area contributed by atoms with Gasteiger partial charge < -0.3 is 14.8 Å². The number of para-hydroxylation sites is 2. The maximum Gasteiger partial charge on any atom is 0.241 e. The van der Waals surface area contributed by atoms with Crippen LogP contribution in [0.3, 0.4) is 0 Å². The molecule has 21 heavy (non-hydrogen) atoms. The highest BCUT2D eigenvalue weighted by atomic mass is 16.5. The molecule has 0 aliphatic heterocycles. The van der Waals surface area contributed by atoms with Crippen LogP contribution in [0.2, 0.25) is 0 Å². The largest absolute Gasteiger partial charge is 0.493 e. The second-order valence-corrected chi connectivity index (χ2v) is 4.30. The Morgan fingerprint density at radius 1 is 1.33 bits per heavy atom. The van der Waals surface area contributed by atoms with E-state index in [1.54, 1.807) is 13.3 Å². The van der Waals surface area contributed by atoms with Crippen molar-refractivity contribution in [1.82, 2.24) is 20.3 Å². The van der Waals surface area contributed by atoms with E-state index in [9.17, 15) is 4.79 Å². The molecule has 7 heteroatoms. The van der Waals surface area contributed by atoms with Crippen LogP contribution in [0.15, 0.2) is 30.5 Å². The van der Waals surface area contributed by atoms with E-state index in [2.05, 4.69) is 15.6 Å². The van der Waals surface area contributed by atoms with Crippen molar-refractivity contribution in [2.24, 2.45) is 0 Å². The first-order chi connectivity index (χ1) is 10.2. The highest BCUT2D eigenvalue weighted by Crippen LogP contribution is 2.26. The van der Waals surface area contributed by atoms with Crippen LogP contribution in [0.1, 0.15) is 12.6 Å². The fraction of sp³-hybridized carbons (Fsp3) is 0.357. The van der Waals surface area contributed by atoms with Gasteiger partial charge in [0.15, 0.2) is 11.5 Å². The number of hydrogen-bond donors (Lipinski definition) is 1. The summed E-state index contributed by atoms with van der Waals surface area (Å²) in [6.45, 7) is 2.87. The van der Waals surface area contributed by atoms with E-state index in [0.717, 1.165) is 0 Å². The van der Waals surface area contributed by atoms with Crippen LogP contribution in [0.25, 0.3) is 0 Å². The van der Waals surface area contributed by atoms with Crippen LogP contribution in [0.4, 0.5) is 0 Å². The van der Waals surface area contributed by atoms with Crippen molar-refractivity contribution in [2.75, 3.05) is 13.7 Å². The highest BCUT2D eigenvalue weighted by Gasteiger charge is 2.07. The first kappa shape index (κ1) is 14.8. The lowest BCUT2D eigenvalue weighted by Gasteiger charge is -2.08. The monoisotopic (exact) mass is 290 g/mol. The third-order valence-corrected chi connectivity index (χ3v) is 2.71. The van der Waals surface area contributed by atoms with Crippen molar-refractivity contribution >= 4 is 5.91 Å². The average molecular weight is 290 g/mol. The Balaban J connectivity index is 1.92. The molecule has 0 aliphatic carbocycles. The number of benzene rings is 1. The summed E-state index contributed by atoms with van der Waals surface area (Å²) in [5.74, 6) is 1.20. The molecule has 7 nitrogen and oxygen atoms in total. The molecule has 0 aliphatic rings. The number of nitrogens with zero attached hydrogens (tertiary/aromatic N) is 3. The zero-order chi connectivity index (χ0) is 15.1. The fourth-order valence-corrected chi connectivity index (χ4v) is 1.77. The van der Waals surface area contributed by atoms with Gasteiger partial charge in [-0.15, -0.1) is 5.10 Å². The molecule has 0 spiro atoms. The Kier molecular flexibility index (Phi) is 5.14. The van der Waals surface area contributed by atoms with Gasteiger partial charge in [-0.05, 0) is 19.1 Å². The van der Waals surface area contributed by atoms with Gasteiger partial charge in [0.05, 0.1) is 13.3 Å². The minimum Gasteiger partial charge on any atom is -0.493 e. The third kappa shape index (κ3) is 4.20. The Hall–Kier alpha value is -2.57. The molecular formula is C14H18N4O3. The molecule has 1 N–H and O–H groups in total. The number of hydrogen-bond acceptors (Lipinski definition) is 5. The predicted molar refractivity (Wildman–Crippen MR) is 76.0 cm³/mol. The van der Waals surface area contributed by atoms with Crippen molar-refractivity contribution in [3.63, 3.8) is 0 Å². The molecule has 1 heterocycles. The molecule has 1 aromatic carbocycles. The lowest BCUT2D eigenvalue weighted by atomic mass is 10.3. The van der Waals surface area contributed by atoms with Crippen molar-refractivity contribution in [2.45, 2.75) is 20.1 Å². The summed E-state index contributed by atoms with van der Waals surface area (Å²) in [6.07, 6.45) is 1.69. The van der Waals surface area contributed by atoms with Crippen LogP contribution >= 0.6 is 0 Å². The molecule has 0 radical (unpaired) electrons. The average Bonchev–Trinajstić information content (AvgIpc) is 2.93. The smallest absolute Gasteiger partial charge is 0.241 e. The molecule has 2 aromatic rings. The standard InChI is InChI=1S/C14H18N4O3/c1-3-15-14(19)9-18-8-11(16-17-18)10-21-13-7-5-4-6-12(13)20-2/h4-8H,3,9-10H2,1-2H3,(H,15,19). The van der Waals surface area contributed by atoms with Gasteiger partial charge in [-0.2, -0.15) is 0 Å². The Morgan fingerprint density at radius 3 is 2.81 bits per heavy atom. The Bertz CT molecular complexity index is 597. The number of ether oxygens (including phenoxy) is 2. The van der Waals surface area contributed by atoms with Crippen molar-refractivity contribution < 1.29 is 14.3 Å². The van der Waals surface area contributed by atoms with E-state index >= 15 is 0 Å². The highest BCUT2D eigenvalue weighted by molar-refractivity contribution is 5.75. The van der Waals surface area contributed by atoms with Crippen molar-refractivity contribution in [3.05, 3.63) is 36.2 Å². The maximum absolute atomic E-state index is 11.4. The van der Waals surface area contributed by atoms with E-state index < -0.39 is 0 Å². The molecule has 0 atom stereocenters. The van der Waals surface area contributed by atoms with Crippen molar-refractivity contribution in [3.8, 4) is 11.5 Å². The minimum absolute atomic E-state index is 0.0976. The van der Waals surface area contributed by atoms with Gasteiger partial charge in [0.25, 0.3) is 0 Å². The van der Waals surface area contributed by atoms with E-state index in [0.29, 0.717) is 23.7 Å². The van der Waals surface area contributed by atoms with Crippen LogP contribution in [0.5, 0.6) is 11.5 Å². The quantitative estimate of drug-likeness (QED) is 0.823. The maximum atomic E-state index is 11.4. The number of amides is 1. The summed E-state index contributed by atoms with van der Waals surface area (Å²) >= 11 is 0. The fourth-order valence-electron chi connectivity index (χ4n) is 1.77. The number of rotatable bonds is 7. The third-order valence-electron chi connectivity index (χ3n) is 2.71. The van der Waals surface area contributed by atoms with Crippen LogP contribution in [0, 0.1) is 0 Å². The molecule has 112 valence electrons. The van der Waals surface area contributed by atoms with Gasteiger partial charge in [0, 0.05) is 6.54 Å². The zero-order valence-electron chi connectivity index (χ0n) is 12.1. The predicted octanol–water partition coefficient (Wildman–Crippen LogP) is 1.00. The molecule has 0 saturated heterocycles. The first-order valence-corrected chi connectivity index (χ1v) is 6.64. The molecular weight excluding hydrogens is 272 g/mol. The molecule has 0 unspecified atom stereocenters. The van der Waals surface area contributed by atoms with E-state index in [4.69, 9.17) is 9.47 Å². The second-order valence-electron chi connectivity index (χ2n) is 4.30. The van der Waals surface area contributed by atoms with Gasteiger partial charge in [-0.1, -0.05) is 17.3 Å². The summed E-state index contributed by atoms with van der Waals surface area (Å²) in [5.41, 5.74) is 0.644. The molecule has 1 aromatic heterocycles. The zero-order valence-corrected chi connectivity index (χ0v) is 12.1. The summed E-state index contributed by atoms with van der Waals surface area (Å²) < 4.78 is 12.3. The number of carbonyl (C=O) groups is 1. The van der Waals surface area contributed by atoms with E-state index in [-0.39, 0.29) is 19.1 Å². The van der Waals surface area contributed by atoms with E-state index in [1.807, 2.05) is 31.2 Å². The van der Waals surface area contributed by atoms with Gasteiger partial charge in [-0.3, -0.25) is 4.79 Å². The number of aromatic nitrogens is 3. The topological polar surface area (TPSA) is 78.3 Å². The van der Waals surface area contributed by atoms with Crippen molar-refractivity contribution in [1.29, 1.82) is 0 Å². The summed E-state index contributed by atoms with van der Waals surface area (Å²) in [7, 11) is 1.59. The van der Waals surface area contributed by atoms with Gasteiger partial charge in [0.2, 0.25) is 5.91 Å². The van der Waals surface area contributed by atoms with E-state index in [1.165, 1.54) is 4.68 Å². The van der Waals surface area contributed by atoms with Gasteiger partial charge in [0.1, 0.15) is 18.8 Å². The van der Waals surface area contributed by atoms with Gasteiger partial charge in [-0.25, -0.2) is 4.68 Å². The molecule has 0 fully saturated rings. The number of nitrogens with one attached hydrogen (secondary N) is 1. The second kappa shape index (κ2) is 7.28. The Morgan fingerprint density at radius 2 is 2.10 bits per heavy atom. The lowest BCUT2D eigenvalue weighted by Crippen LogP contribution is -2.27. The SMILES string of the molecule is CCNC(=O)Cn1cc(COc2ccccc2OC)nn1. The normalized spacial score (nSPS) is 10.2. The minimum atomic E-state index is -0.0976. The summed E-state index contributed by atoms with van der Waals surface area (Å²) in [6, 6.07) is 7.37. The summed E-state index contributed by atoms with van der Waals surface area (Å²) in [5, 5.41) is 10.6. The molecule has 0 saturated carbocycles. The van der Waals surface area contributed by atoms with Gasteiger partial charge >= 0.3 is 0 Å². The molecule has 2 rings (SSSR count). The lowest BCUT2D eigenvalue weighted by molar-refractivity contribution is -0.121. The molecule has 1 amide bonds. The molecule has 0 bridgehead atoms. The van der Waals surface area contributed by atoms with Crippen LogP contribution < -0.4 is 14.8 Å². The Labute approximate surface area is 122 Å². The first-order valence-electron chi connectivity index (χ1n) is 6.64. The van der Waals surface area contributed by atoms with Crippen LogP contribution in [-0.2, 0) is 17.9 Å².